The number of anilines is 2. The zero-order chi connectivity index (χ0) is 16.4. The third-order valence-electron chi connectivity index (χ3n) is 4.08. The van der Waals surface area contributed by atoms with E-state index in [1.807, 2.05) is 56.3 Å². The Labute approximate surface area is 136 Å². The van der Waals surface area contributed by atoms with Gasteiger partial charge in [-0.15, -0.1) is 0 Å². The van der Waals surface area contributed by atoms with Crippen LogP contribution < -0.4 is 10.2 Å². The molecule has 4 nitrogen and oxygen atoms in total. The number of likely N-dealkylation sites (N-methyl/N-ethyl adjacent to an activating group) is 1. The third-order valence-corrected chi connectivity index (χ3v) is 4.08. The van der Waals surface area contributed by atoms with Gasteiger partial charge in [-0.05, 0) is 48.7 Å². The van der Waals surface area contributed by atoms with E-state index in [-0.39, 0.29) is 11.8 Å². The van der Waals surface area contributed by atoms with Crippen molar-refractivity contribution in [1.82, 2.24) is 0 Å². The Morgan fingerprint density at radius 1 is 1.22 bits per heavy atom. The van der Waals surface area contributed by atoms with Gasteiger partial charge in [0.1, 0.15) is 0 Å². The fourth-order valence-corrected chi connectivity index (χ4v) is 2.96. The number of carbonyl (C=O) groups excluding carboxylic acids is 2. The monoisotopic (exact) mass is 308 g/mol. The number of hydrogen-bond donors (Lipinski definition) is 1. The molecule has 0 saturated heterocycles. The van der Waals surface area contributed by atoms with Crippen LogP contribution in [0.15, 0.2) is 42.5 Å². The number of nitrogens with one attached hydrogen (secondary N) is 1. The molecule has 4 heteroatoms. The number of aryl methyl sites for hydroxylation is 1. The van der Waals surface area contributed by atoms with Gasteiger partial charge in [-0.25, -0.2) is 0 Å². The molecule has 2 aromatic carbocycles. The van der Waals surface area contributed by atoms with E-state index in [1.54, 1.807) is 4.90 Å². The minimum absolute atomic E-state index is 0.0124. The van der Waals surface area contributed by atoms with Gasteiger partial charge in [-0.1, -0.05) is 24.3 Å². The van der Waals surface area contributed by atoms with Crippen LogP contribution in [-0.4, -0.2) is 18.4 Å². The van der Waals surface area contributed by atoms with E-state index in [2.05, 4.69) is 5.32 Å². The molecular weight excluding hydrogens is 288 g/mol. The summed E-state index contributed by atoms with van der Waals surface area (Å²) in [6.07, 6.45) is 0.732. The highest BCUT2D eigenvalue weighted by Crippen LogP contribution is 2.25. The third kappa shape index (κ3) is 3.26. The molecule has 0 aliphatic carbocycles. The number of hydrogen-bond acceptors (Lipinski definition) is 2. The molecule has 23 heavy (non-hydrogen) atoms. The van der Waals surface area contributed by atoms with Gasteiger partial charge in [0, 0.05) is 17.9 Å². The van der Waals surface area contributed by atoms with Gasteiger partial charge < -0.3 is 10.2 Å². The highest BCUT2D eigenvalue weighted by atomic mass is 16.2. The topological polar surface area (TPSA) is 49.4 Å². The standard InChI is InChI=1S/C19H20N2O2/c1-3-21(16-6-4-5-13(2)9-16)19(23)11-14-7-8-17-15(10-14)12-18(22)20-17/h4-10H,3,11-12H2,1-2H3,(H,20,22). The van der Waals surface area contributed by atoms with Crippen molar-refractivity contribution in [1.29, 1.82) is 0 Å². The predicted molar refractivity (Wildman–Crippen MR) is 91.7 cm³/mol. The molecule has 0 saturated carbocycles. The Hall–Kier alpha value is -2.62. The zero-order valence-corrected chi connectivity index (χ0v) is 13.4. The van der Waals surface area contributed by atoms with Crippen LogP contribution in [0.4, 0.5) is 11.4 Å². The zero-order valence-electron chi connectivity index (χ0n) is 13.4. The van der Waals surface area contributed by atoms with Crippen molar-refractivity contribution >= 4 is 23.2 Å². The summed E-state index contributed by atoms with van der Waals surface area (Å²) in [7, 11) is 0. The van der Waals surface area contributed by atoms with E-state index < -0.39 is 0 Å². The van der Waals surface area contributed by atoms with Crippen LogP contribution in [0.1, 0.15) is 23.6 Å². The number of carbonyl (C=O) groups is 2. The molecule has 118 valence electrons. The quantitative estimate of drug-likeness (QED) is 0.943. The molecule has 0 aromatic heterocycles. The molecule has 0 unspecified atom stereocenters. The Morgan fingerprint density at radius 2 is 2.04 bits per heavy atom. The number of nitrogens with zero attached hydrogens (tertiary/aromatic N) is 1. The van der Waals surface area contributed by atoms with Crippen molar-refractivity contribution in [2.45, 2.75) is 26.7 Å². The van der Waals surface area contributed by atoms with Gasteiger partial charge >= 0.3 is 0 Å². The van der Waals surface area contributed by atoms with Crippen molar-refractivity contribution < 1.29 is 9.59 Å². The van der Waals surface area contributed by atoms with E-state index in [1.165, 1.54) is 0 Å². The Balaban J connectivity index is 1.78. The summed E-state index contributed by atoms with van der Waals surface area (Å²) in [5.41, 5.74) is 4.83. The lowest BCUT2D eigenvalue weighted by Crippen LogP contribution is -2.32. The van der Waals surface area contributed by atoms with Gasteiger partial charge in [0.25, 0.3) is 0 Å². The second-order valence-corrected chi connectivity index (χ2v) is 5.87. The average Bonchev–Trinajstić information content (AvgIpc) is 2.87. The van der Waals surface area contributed by atoms with Crippen LogP contribution in [-0.2, 0) is 22.4 Å². The lowest BCUT2D eigenvalue weighted by molar-refractivity contribution is -0.118. The van der Waals surface area contributed by atoms with Gasteiger partial charge in [-0.3, -0.25) is 9.59 Å². The Bertz CT molecular complexity index is 768. The van der Waals surface area contributed by atoms with E-state index in [9.17, 15) is 9.59 Å². The molecular formula is C19H20N2O2. The second kappa shape index (κ2) is 6.24. The van der Waals surface area contributed by atoms with Gasteiger partial charge in [-0.2, -0.15) is 0 Å². The largest absolute Gasteiger partial charge is 0.326 e. The molecule has 0 spiro atoms. The van der Waals surface area contributed by atoms with Gasteiger partial charge in [0.05, 0.1) is 12.8 Å². The lowest BCUT2D eigenvalue weighted by Gasteiger charge is -2.21. The molecule has 0 radical (unpaired) electrons. The minimum Gasteiger partial charge on any atom is -0.326 e. The summed E-state index contributed by atoms with van der Waals surface area (Å²) in [6, 6.07) is 13.7. The van der Waals surface area contributed by atoms with Crippen LogP contribution in [0.5, 0.6) is 0 Å². The van der Waals surface area contributed by atoms with Crippen molar-refractivity contribution in [3.63, 3.8) is 0 Å². The smallest absolute Gasteiger partial charge is 0.231 e. The number of fused-ring (bicyclic) bond motifs is 1. The van der Waals surface area contributed by atoms with Crippen molar-refractivity contribution in [2.75, 3.05) is 16.8 Å². The van der Waals surface area contributed by atoms with Crippen LogP contribution >= 0.6 is 0 Å². The first-order valence-corrected chi connectivity index (χ1v) is 7.85. The fraction of sp³-hybridized carbons (Fsp3) is 0.263. The normalized spacial score (nSPS) is 12.7. The van der Waals surface area contributed by atoms with Crippen LogP contribution in [0.3, 0.4) is 0 Å². The average molecular weight is 308 g/mol. The highest BCUT2D eigenvalue weighted by molar-refractivity contribution is 5.99. The van der Waals surface area contributed by atoms with Crippen LogP contribution in [0, 0.1) is 6.92 Å². The number of rotatable bonds is 4. The van der Waals surface area contributed by atoms with E-state index in [0.717, 1.165) is 28.1 Å². The van der Waals surface area contributed by atoms with Crippen molar-refractivity contribution in [3.05, 3.63) is 59.2 Å². The minimum atomic E-state index is 0.0124. The molecule has 1 aliphatic rings. The SMILES string of the molecule is CCN(C(=O)Cc1ccc2c(c1)CC(=O)N2)c1cccc(C)c1. The van der Waals surface area contributed by atoms with Gasteiger partial charge in [0.2, 0.25) is 11.8 Å². The summed E-state index contributed by atoms with van der Waals surface area (Å²) >= 11 is 0. The first-order valence-electron chi connectivity index (χ1n) is 7.85. The summed E-state index contributed by atoms with van der Waals surface area (Å²) in [5.74, 6) is 0.0776. The van der Waals surface area contributed by atoms with E-state index in [0.29, 0.717) is 19.4 Å². The molecule has 1 aliphatic heterocycles. The molecule has 2 amide bonds. The second-order valence-electron chi connectivity index (χ2n) is 5.87. The maximum absolute atomic E-state index is 12.7. The van der Waals surface area contributed by atoms with Crippen molar-refractivity contribution in [3.8, 4) is 0 Å². The van der Waals surface area contributed by atoms with E-state index in [4.69, 9.17) is 0 Å². The van der Waals surface area contributed by atoms with Gasteiger partial charge in [0.15, 0.2) is 0 Å². The van der Waals surface area contributed by atoms with E-state index >= 15 is 0 Å². The Kier molecular flexibility index (Phi) is 4.15. The Morgan fingerprint density at radius 3 is 2.78 bits per heavy atom. The molecule has 1 N–H and O–H groups in total. The molecule has 0 atom stereocenters. The first kappa shape index (κ1) is 15.3. The maximum atomic E-state index is 12.7. The summed E-state index contributed by atoms with van der Waals surface area (Å²) in [6.45, 7) is 4.63. The highest BCUT2D eigenvalue weighted by Gasteiger charge is 2.19. The molecule has 0 fully saturated rings. The molecule has 3 rings (SSSR count). The predicted octanol–water partition coefficient (Wildman–Crippen LogP) is 3.09. The molecule has 1 heterocycles. The lowest BCUT2D eigenvalue weighted by atomic mass is 10.1. The van der Waals surface area contributed by atoms with Crippen LogP contribution in [0.2, 0.25) is 0 Å². The molecule has 2 aromatic rings. The summed E-state index contributed by atoms with van der Waals surface area (Å²) in [4.78, 5) is 25.9. The number of amides is 2. The maximum Gasteiger partial charge on any atom is 0.231 e. The fourth-order valence-electron chi connectivity index (χ4n) is 2.96. The van der Waals surface area contributed by atoms with Crippen LogP contribution in [0.25, 0.3) is 0 Å². The summed E-state index contributed by atoms with van der Waals surface area (Å²) < 4.78 is 0. The molecule has 0 bridgehead atoms. The number of benzene rings is 2. The first-order chi connectivity index (χ1) is 11.1. The van der Waals surface area contributed by atoms with Crippen molar-refractivity contribution in [2.24, 2.45) is 0 Å². The summed E-state index contributed by atoms with van der Waals surface area (Å²) in [5, 5.41) is 2.81.